The Kier molecular flexibility index (Phi) is 5.29. The maximum absolute atomic E-state index is 13.0. The van der Waals surface area contributed by atoms with Crippen LogP contribution in [0.25, 0.3) is 0 Å². The number of carbonyl (C=O) groups is 1. The van der Waals surface area contributed by atoms with Crippen LogP contribution in [0.2, 0.25) is 0 Å². The zero-order valence-electron chi connectivity index (χ0n) is 14.6. The van der Waals surface area contributed by atoms with E-state index in [1.54, 1.807) is 0 Å². The molecule has 28 heavy (non-hydrogen) atoms. The fraction of sp³-hybridized carbons (Fsp3) is 0.235. The van der Waals surface area contributed by atoms with E-state index in [1.807, 2.05) is 0 Å². The molecule has 0 saturated carbocycles. The van der Waals surface area contributed by atoms with Crippen LogP contribution < -0.4 is 5.73 Å². The Balaban J connectivity index is 1.71. The van der Waals surface area contributed by atoms with Crippen LogP contribution >= 0.6 is 0 Å². The number of hydrogen-bond acceptors (Lipinski definition) is 6. The van der Waals surface area contributed by atoms with Crippen LogP contribution in [-0.4, -0.2) is 54.6 Å². The topological polar surface area (TPSA) is 127 Å². The van der Waals surface area contributed by atoms with Gasteiger partial charge in [0.15, 0.2) is 0 Å². The standard InChI is InChI=1S/C17H17FN4O5S/c18-13-2-4-14(5-3-13)28(26,27)21-9-7-20(8-10-21)17(23)12-1-6-15(19)16(11-12)22(24)25/h1-6,11H,7-10,19H2. The Morgan fingerprint density at radius 2 is 1.68 bits per heavy atom. The number of sulfonamides is 1. The molecule has 1 aliphatic rings. The Labute approximate surface area is 160 Å². The van der Waals surface area contributed by atoms with Gasteiger partial charge in [0.25, 0.3) is 11.6 Å². The average molecular weight is 408 g/mol. The van der Waals surface area contributed by atoms with Gasteiger partial charge < -0.3 is 10.6 Å². The van der Waals surface area contributed by atoms with Gasteiger partial charge in [-0.2, -0.15) is 4.31 Å². The largest absolute Gasteiger partial charge is 0.393 e. The van der Waals surface area contributed by atoms with Crippen molar-refractivity contribution < 1.29 is 22.5 Å². The van der Waals surface area contributed by atoms with Gasteiger partial charge in [0.1, 0.15) is 11.5 Å². The molecule has 0 atom stereocenters. The molecule has 1 aliphatic heterocycles. The molecule has 3 rings (SSSR count). The minimum atomic E-state index is -3.79. The fourth-order valence-corrected chi connectivity index (χ4v) is 4.33. The van der Waals surface area contributed by atoms with Gasteiger partial charge >= 0.3 is 0 Å². The summed E-state index contributed by atoms with van der Waals surface area (Å²) in [5.74, 6) is -0.978. The van der Waals surface area contributed by atoms with E-state index in [0.717, 1.165) is 18.2 Å². The van der Waals surface area contributed by atoms with Crippen molar-refractivity contribution in [3.05, 3.63) is 64.0 Å². The predicted molar refractivity (Wildman–Crippen MR) is 98.6 cm³/mol. The second-order valence-electron chi connectivity index (χ2n) is 6.18. The summed E-state index contributed by atoms with van der Waals surface area (Å²) >= 11 is 0. The Bertz CT molecular complexity index is 1020. The van der Waals surface area contributed by atoms with Crippen LogP contribution in [0.1, 0.15) is 10.4 Å². The third-order valence-corrected chi connectivity index (χ3v) is 6.36. The zero-order valence-corrected chi connectivity index (χ0v) is 15.4. The number of piperazine rings is 1. The second-order valence-corrected chi connectivity index (χ2v) is 8.12. The second kappa shape index (κ2) is 7.52. The van der Waals surface area contributed by atoms with Crippen LogP contribution in [0.15, 0.2) is 47.4 Å². The predicted octanol–water partition coefficient (Wildman–Crippen LogP) is 1.46. The van der Waals surface area contributed by atoms with E-state index in [9.17, 15) is 27.7 Å². The number of halogens is 1. The van der Waals surface area contributed by atoms with E-state index in [4.69, 9.17) is 5.73 Å². The highest BCUT2D eigenvalue weighted by atomic mass is 32.2. The monoisotopic (exact) mass is 408 g/mol. The molecular formula is C17H17FN4O5S. The fourth-order valence-electron chi connectivity index (χ4n) is 2.90. The number of hydrogen-bond donors (Lipinski definition) is 1. The van der Waals surface area contributed by atoms with Gasteiger partial charge in [0.2, 0.25) is 10.0 Å². The van der Waals surface area contributed by atoms with Crippen molar-refractivity contribution in [3.63, 3.8) is 0 Å². The molecule has 9 nitrogen and oxygen atoms in total. The molecule has 11 heteroatoms. The van der Waals surface area contributed by atoms with Crippen molar-refractivity contribution in [1.29, 1.82) is 0 Å². The number of nitro benzene ring substituents is 1. The molecule has 0 bridgehead atoms. The number of nitro groups is 1. The minimum Gasteiger partial charge on any atom is -0.393 e. The first-order valence-electron chi connectivity index (χ1n) is 8.29. The van der Waals surface area contributed by atoms with Crippen molar-refractivity contribution >= 4 is 27.3 Å². The number of anilines is 1. The lowest BCUT2D eigenvalue weighted by molar-refractivity contribution is -0.383. The number of rotatable bonds is 4. The lowest BCUT2D eigenvalue weighted by Gasteiger charge is -2.34. The summed E-state index contributed by atoms with van der Waals surface area (Å²) in [6, 6.07) is 8.32. The smallest absolute Gasteiger partial charge is 0.292 e. The molecule has 1 fully saturated rings. The van der Waals surface area contributed by atoms with Crippen LogP contribution in [-0.2, 0) is 10.0 Å². The third kappa shape index (κ3) is 3.80. The molecular weight excluding hydrogens is 391 g/mol. The van der Waals surface area contributed by atoms with Crippen molar-refractivity contribution in [2.45, 2.75) is 4.90 Å². The normalized spacial score (nSPS) is 15.4. The van der Waals surface area contributed by atoms with E-state index in [0.29, 0.717) is 0 Å². The summed E-state index contributed by atoms with van der Waals surface area (Å²) in [6.45, 7) is 0.361. The first-order valence-corrected chi connectivity index (χ1v) is 9.73. The lowest BCUT2D eigenvalue weighted by atomic mass is 10.1. The SMILES string of the molecule is Nc1ccc(C(=O)N2CCN(S(=O)(=O)c3ccc(F)cc3)CC2)cc1[N+](=O)[O-]. The van der Waals surface area contributed by atoms with Crippen LogP contribution in [0.5, 0.6) is 0 Å². The molecule has 0 spiro atoms. The van der Waals surface area contributed by atoms with E-state index in [1.165, 1.54) is 33.5 Å². The number of amides is 1. The number of nitrogen functional groups attached to an aromatic ring is 1. The van der Waals surface area contributed by atoms with Gasteiger partial charge in [-0.1, -0.05) is 0 Å². The van der Waals surface area contributed by atoms with Gasteiger partial charge in [-0.25, -0.2) is 12.8 Å². The van der Waals surface area contributed by atoms with Crippen LogP contribution in [0.3, 0.4) is 0 Å². The summed E-state index contributed by atoms with van der Waals surface area (Å²) in [6.07, 6.45) is 0. The molecule has 2 aromatic rings. The number of nitrogens with zero attached hydrogens (tertiary/aromatic N) is 3. The molecule has 1 amide bonds. The summed E-state index contributed by atoms with van der Waals surface area (Å²) in [7, 11) is -3.79. The Morgan fingerprint density at radius 1 is 1.07 bits per heavy atom. The first-order chi connectivity index (χ1) is 13.2. The van der Waals surface area contributed by atoms with E-state index < -0.39 is 26.7 Å². The van der Waals surface area contributed by atoms with E-state index in [-0.39, 0.29) is 48.0 Å². The highest BCUT2D eigenvalue weighted by molar-refractivity contribution is 7.89. The maximum atomic E-state index is 13.0. The number of benzene rings is 2. The number of nitrogens with two attached hydrogens (primary N) is 1. The van der Waals surface area contributed by atoms with E-state index in [2.05, 4.69) is 0 Å². The van der Waals surface area contributed by atoms with Crippen LogP contribution in [0.4, 0.5) is 15.8 Å². The summed E-state index contributed by atoms with van der Waals surface area (Å²) in [5, 5.41) is 11.0. The molecule has 148 valence electrons. The molecule has 1 saturated heterocycles. The average Bonchev–Trinajstić information content (AvgIpc) is 2.68. The quantitative estimate of drug-likeness (QED) is 0.464. The van der Waals surface area contributed by atoms with Gasteiger partial charge in [-0.3, -0.25) is 14.9 Å². The van der Waals surface area contributed by atoms with Gasteiger partial charge in [-0.05, 0) is 36.4 Å². The molecule has 2 N–H and O–H groups in total. The first kappa shape index (κ1) is 19.7. The van der Waals surface area contributed by atoms with Gasteiger partial charge in [-0.15, -0.1) is 0 Å². The van der Waals surface area contributed by atoms with E-state index >= 15 is 0 Å². The minimum absolute atomic E-state index is 0.0252. The molecule has 0 radical (unpaired) electrons. The summed E-state index contributed by atoms with van der Waals surface area (Å²) in [5.41, 5.74) is 5.24. The summed E-state index contributed by atoms with van der Waals surface area (Å²) < 4.78 is 39.5. The van der Waals surface area contributed by atoms with Gasteiger partial charge in [0, 0.05) is 37.8 Å². The van der Waals surface area contributed by atoms with Crippen molar-refractivity contribution in [2.75, 3.05) is 31.9 Å². The molecule has 0 aliphatic carbocycles. The molecule has 1 heterocycles. The molecule has 2 aromatic carbocycles. The molecule has 0 unspecified atom stereocenters. The van der Waals surface area contributed by atoms with Crippen molar-refractivity contribution in [3.8, 4) is 0 Å². The Morgan fingerprint density at radius 3 is 2.25 bits per heavy atom. The molecule has 0 aromatic heterocycles. The van der Waals surface area contributed by atoms with Crippen molar-refractivity contribution in [1.82, 2.24) is 9.21 Å². The third-order valence-electron chi connectivity index (χ3n) is 4.45. The zero-order chi connectivity index (χ0) is 20.5. The maximum Gasteiger partial charge on any atom is 0.292 e. The van der Waals surface area contributed by atoms with Crippen LogP contribution in [0, 0.1) is 15.9 Å². The number of carbonyl (C=O) groups excluding carboxylic acids is 1. The van der Waals surface area contributed by atoms with Gasteiger partial charge in [0.05, 0.1) is 9.82 Å². The highest BCUT2D eigenvalue weighted by Crippen LogP contribution is 2.24. The lowest BCUT2D eigenvalue weighted by Crippen LogP contribution is -2.50. The summed E-state index contributed by atoms with van der Waals surface area (Å²) in [4.78, 5) is 24.3. The highest BCUT2D eigenvalue weighted by Gasteiger charge is 2.31. The van der Waals surface area contributed by atoms with Crippen molar-refractivity contribution in [2.24, 2.45) is 0 Å². The Hall–Kier alpha value is -3.05.